The number of rotatable bonds is 3. The number of carbonyl (C=O) groups excluding carboxylic acids is 1. The summed E-state index contributed by atoms with van der Waals surface area (Å²) in [7, 11) is 0. The van der Waals surface area contributed by atoms with Crippen LogP contribution < -0.4 is 5.73 Å². The Bertz CT molecular complexity index is 365. The topological polar surface area (TPSA) is 72.6 Å². The zero-order chi connectivity index (χ0) is 11.5. The molecule has 0 heterocycles. The van der Waals surface area contributed by atoms with Crippen molar-refractivity contribution in [2.24, 2.45) is 5.73 Å². The van der Waals surface area contributed by atoms with Gasteiger partial charge in [-0.3, -0.25) is 0 Å². The monoisotopic (exact) mass is 229 g/mol. The van der Waals surface area contributed by atoms with Crippen LogP contribution in [0.5, 0.6) is 0 Å². The van der Waals surface area contributed by atoms with Crippen LogP contribution in [0.3, 0.4) is 0 Å². The highest BCUT2D eigenvalue weighted by Gasteiger charge is 2.26. The van der Waals surface area contributed by atoms with Crippen molar-refractivity contribution in [3.63, 3.8) is 0 Å². The average molecular weight is 230 g/mol. The molecule has 0 bridgehead atoms. The molecule has 0 spiro atoms. The number of amides is 1. The van der Waals surface area contributed by atoms with E-state index in [0.717, 1.165) is 0 Å². The summed E-state index contributed by atoms with van der Waals surface area (Å²) in [5.74, 6) is 0. The molecule has 1 atom stereocenters. The molecule has 1 rings (SSSR count). The second-order valence-corrected chi connectivity index (χ2v) is 3.77. The summed E-state index contributed by atoms with van der Waals surface area (Å²) in [6.07, 6.45) is -0.928. The maximum Gasteiger partial charge on any atom is 0.404 e. The summed E-state index contributed by atoms with van der Waals surface area (Å²) in [5.41, 5.74) is 3.96. The third-order valence-corrected chi connectivity index (χ3v) is 2.28. The predicted molar refractivity (Wildman–Crippen MR) is 56.6 cm³/mol. The van der Waals surface area contributed by atoms with Crippen LogP contribution in [-0.2, 0) is 10.3 Å². The number of ether oxygens (including phenoxy) is 1. The first-order valence-electron chi connectivity index (χ1n) is 4.33. The van der Waals surface area contributed by atoms with E-state index >= 15 is 0 Å². The minimum Gasteiger partial charge on any atom is -0.446 e. The molecule has 82 valence electrons. The molecule has 15 heavy (non-hydrogen) atoms. The van der Waals surface area contributed by atoms with Gasteiger partial charge in [-0.25, -0.2) is 4.79 Å². The fourth-order valence-electron chi connectivity index (χ4n) is 1.19. The lowest BCUT2D eigenvalue weighted by atomic mass is 9.97. The Labute approximate surface area is 92.6 Å². The minimum atomic E-state index is -1.34. The molecule has 1 aromatic carbocycles. The summed E-state index contributed by atoms with van der Waals surface area (Å²) in [6.45, 7) is 1.27. The molecule has 0 fully saturated rings. The van der Waals surface area contributed by atoms with Crippen LogP contribution in [0.1, 0.15) is 12.5 Å². The molecular weight excluding hydrogens is 218 g/mol. The number of halogens is 1. The average Bonchev–Trinajstić information content (AvgIpc) is 2.15. The van der Waals surface area contributed by atoms with Crippen LogP contribution in [0.4, 0.5) is 4.79 Å². The smallest absolute Gasteiger partial charge is 0.404 e. The van der Waals surface area contributed by atoms with Gasteiger partial charge in [0.2, 0.25) is 0 Å². The number of hydrogen-bond donors (Lipinski definition) is 2. The SMILES string of the molecule is C[C@](O)(COC(N)=O)c1ccccc1Cl. The van der Waals surface area contributed by atoms with E-state index in [-0.39, 0.29) is 6.61 Å². The van der Waals surface area contributed by atoms with E-state index in [1.807, 2.05) is 0 Å². The molecule has 0 aliphatic carbocycles. The first-order chi connectivity index (χ1) is 6.93. The maximum atomic E-state index is 10.4. The third-order valence-electron chi connectivity index (χ3n) is 1.95. The van der Waals surface area contributed by atoms with Crippen LogP contribution in [-0.4, -0.2) is 17.8 Å². The fourth-order valence-corrected chi connectivity index (χ4v) is 1.53. The first-order valence-corrected chi connectivity index (χ1v) is 4.71. The van der Waals surface area contributed by atoms with Gasteiger partial charge in [0.15, 0.2) is 0 Å². The molecule has 1 aromatic rings. The van der Waals surface area contributed by atoms with Crippen molar-refractivity contribution in [3.8, 4) is 0 Å². The number of benzene rings is 1. The van der Waals surface area contributed by atoms with E-state index < -0.39 is 11.7 Å². The van der Waals surface area contributed by atoms with Crippen molar-refractivity contribution in [2.75, 3.05) is 6.61 Å². The number of hydrogen-bond acceptors (Lipinski definition) is 3. The molecule has 5 heteroatoms. The molecule has 0 saturated carbocycles. The molecule has 0 unspecified atom stereocenters. The first kappa shape index (κ1) is 11.8. The summed E-state index contributed by atoms with van der Waals surface area (Å²) >= 11 is 5.89. The van der Waals surface area contributed by atoms with Gasteiger partial charge in [-0.15, -0.1) is 0 Å². The summed E-state index contributed by atoms with van der Waals surface area (Å²) < 4.78 is 4.55. The van der Waals surface area contributed by atoms with Gasteiger partial charge in [0.05, 0.1) is 0 Å². The van der Waals surface area contributed by atoms with Crippen LogP contribution >= 0.6 is 11.6 Å². The van der Waals surface area contributed by atoms with E-state index in [0.29, 0.717) is 10.6 Å². The zero-order valence-corrected chi connectivity index (χ0v) is 8.99. The maximum absolute atomic E-state index is 10.4. The van der Waals surface area contributed by atoms with Gasteiger partial charge in [-0.05, 0) is 13.0 Å². The van der Waals surface area contributed by atoms with E-state index in [9.17, 15) is 9.90 Å². The molecule has 0 saturated heterocycles. The van der Waals surface area contributed by atoms with E-state index in [1.54, 1.807) is 24.3 Å². The molecule has 0 aliphatic heterocycles. The predicted octanol–water partition coefficient (Wildman–Crippen LogP) is 1.64. The quantitative estimate of drug-likeness (QED) is 0.828. The number of carbonyl (C=O) groups is 1. The van der Waals surface area contributed by atoms with Gasteiger partial charge in [-0.2, -0.15) is 0 Å². The van der Waals surface area contributed by atoms with Crippen molar-refractivity contribution >= 4 is 17.7 Å². The van der Waals surface area contributed by atoms with Crippen LogP contribution in [0.15, 0.2) is 24.3 Å². The second-order valence-electron chi connectivity index (χ2n) is 3.36. The van der Waals surface area contributed by atoms with Crippen LogP contribution in [0.2, 0.25) is 5.02 Å². The Hall–Kier alpha value is -1.26. The molecule has 0 aliphatic rings. The summed E-state index contributed by atoms with van der Waals surface area (Å²) in [5, 5.41) is 10.4. The van der Waals surface area contributed by atoms with E-state index in [2.05, 4.69) is 4.74 Å². The Morgan fingerprint density at radius 2 is 2.20 bits per heavy atom. The highest BCUT2D eigenvalue weighted by Crippen LogP contribution is 2.27. The molecule has 0 aromatic heterocycles. The standard InChI is InChI=1S/C10H12ClNO3/c1-10(14,6-15-9(12)13)7-4-2-3-5-8(7)11/h2-5,14H,6H2,1H3,(H2,12,13)/t10-/m0/s1. The van der Waals surface area contributed by atoms with Gasteiger partial charge >= 0.3 is 6.09 Å². The Balaban J connectivity index is 2.85. The zero-order valence-electron chi connectivity index (χ0n) is 8.24. The Kier molecular flexibility index (Phi) is 3.55. The lowest BCUT2D eigenvalue weighted by Crippen LogP contribution is -2.31. The number of primary amides is 1. The molecular formula is C10H12ClNO3. The molecule has 0 radical (unpaired) electrons. The highest BCUT2D eigenvalue weighted by molar-refractivity contribution is 6.31. The normalized spacial score (nSPS) is 14.3. The van der Waals surface area contributed by atoms with Gasteiger partial charge in [-0.1, -0.05) is 29.8 Å². The number of nitrogens with two attached hydrogens (primary N) is 1. The Morgan fingerprint density at radius 1 is 1.60 bits per heavy atom. The van der Waals surface area contributed by atoms with Gasteiger partial charge in [0.1, 0.15) is 12.2 Å². The minimum absolute atomic E-state index is 0.230. The van der Waals surface area contributed by atoms with Crippen molar-refractivity contribution in [2.45, 2.75) is 12.5 Å². The second kappa shape index (κ2) is 4.51. The fraction of sp³-hybridized carbons (Fsp3) is 0.300. The van der Waals surface area contributed by atoms with Crippen molar-refractivity contribution in [3.05, 3.63) is 34.9 Å². The lowest BCUT2D eigenvalue weighted by molar-refractivity contribution is -0.00906. The molecule has 3 N–H and O–H groups in total. The van der Waals surface area contributed by atoms with Crippen molar-refractivity contribution < 1.29 is 14.6 Å². The van der Waals surface area contributed by atoms with Crippen molar-refractivity contribution in [1.29, 1.82) is 0 Å². The van der Waals surface area contributed by atoms with E-state index in [1.165, 1.54) is 6.92 Å². The van der Waals surface area contributed by atoms with Crippen LogP contribution in [0.25, 0.3) is 0 Å². The van der Waals surface area contributed by atoms with Gasteiger partial charge < -0.3 is 15.6 Å². The lowest BCUT2D eigenvalue weighted by Gasteiger charge is -2.23. The molecule has 4 nitrogen and oxygen atoms in total. The third kappa shape index (κ3) is 3.11. The highest BCUT2D eigenvalue weighted by atomic mass is 35.5. The van der Waals surface area contributed by atoms with Crippen LogP contribution in [0, 0.1) is 0 Å². The Morgan fingerprint density at radius 3 is 2.73 bits per heavy atom. The van der Waals surface area contributed by atoms with E-state index in [4.69, 9.17) is 17.3 Å². The van der Waals surface area contributed by atoms with Crippen molar-refractivity contribution in [1.82, 2.24) is 0 Å². The van der Waals surface area contributed by atoms with Gasteiger partial charge in [0.25, 0.3) is 0 Å². The number of aliphatic hydroxyl groups is 1. The summed E-state index contributed by atoms with van der Waals surface area (Å²) in [6, 6.07) is 6.79. The van der Waals surface area contributed by atoms with Gasteiger partial charge in [0, 0.05) is 10.6 Å². The molecule has 1 amide bonds. The summed E-state index contributed by atoms with van der Waals surface area (Å²) in [4.78, 5) is 10.4. The largest absolute Gasteiger partial charge is 0.446 e.